The number of amides is 1. The Labute approximate surface area is 175 Å². The van der Waals surface area contributed by atoms with Gasteiger partial charge in [-0.3, -0.25) is 4.79 Å². The van der Waals surface area contributed by atoms with Crippen LogP contribution in [-0.2, 0) is 4.79 Å². The molecule has 1 aromatic carbocycles. The molecule has 0 aliphatic carbocycles. The van der Waals surface area contributed by atoms with Crippen LogP contribution in [0.2, 0.25) is 0 Å². The lowest BCUT2D eigenvalue weighted by atomic mass is 10.2. The third-order valence-electron chi connectivity index (χ3n) is 4.48. The molecule has 1 aliphatic heterocycles. The van der Waals surface area contributed by atoms with E-state index in [9.17, 15) is 4.79 Å². The minimum Gasteiger partial charge on any atom is -0.353 e. The maximum Gasteiger partial charge on any atom is 0.233 e. The van der Waals surface area contributed by atoms with Gasteiger partial charge in [-0.05, 0) is 65.2 Å². The van der Waals surface area contributed by atoms with Crippen molar-refractivity contribution < 1.29 is 4.79 Å². The largest absolute Gasteiger partial charge is 0.353 e. The van der Waals surface area contributed by atoms with Crippen molar-refractivity contribution in [2.24, 2.45) is 0 Å². The maximum atomic E-state index is 12.6. The van der Waals surface area contributed by atoms with Gasteiger partial charge in [0.1, 0.15) is 5.82 Å². The molecule has 26 heavy (non-hydrogen) atoms. The Kier molecular flexibility index (Phi) is 6.64. The quantitative estimate of drug-likeness (QED) is 0.574. The average Bonchev–Trinajstić information content (AvgIpc) is 2.64. The van der Waals surface area contributed by atoms with Gasteiger partial charge in [0.05, 0.1) is 5.75 Å². The summed E-state index contributed by atoms with van der Waals surface area (Å²) >= 11 is 8.59. The van der Waals surface area contributed by atoms with Crippen LogP contribution in [0.4, 0.5) is 5.82 Å². The Bertz CT molecular complexity index is 790. The topological polar surface area (TPSA) is 36.4 Å². The van der Waals surface area contributed by atoms with E-state index in [0.717, 1.165) is 40.9 Å². The number of carbonyl (C=O) groups excluding carboxylic acids is 1. The van der Waals surface area contributed by atoms with Crippen molar-refractivity contribution in [2.75, 3.05) is 36.8 Å². The second kappa shape index (κ2) is 8.76. The summed E-state index contributed by atoms with van der Waals surface area (Å²) in [7, 11) is 0. The van der Waals surface area contributed by atoms with E-state index >= 15 is 0 Å². The highest BCUT2D eigenvalue weighted by Gasteiger charge is 2.22. The molecule has 1 saturated heterocycles. The van der Waals surface area contributed by atoms with Crippen molar-refractivity contribution in [3.63, 3.8) is 0 Å². The molecule has 138 valence electrons. The van der Waals surface area contributed by atoms with Crippen LogP contribution in [0, 0.1) is 13.8 Å². The first-order valence-electron chi connectivity index (χ1n) is 8.48. The fourth-order valence-electron chi connectivity index (χ4n) is 2.88. The lowest BCUT2D eigenvalue weighted by molar-refractivity contribution is -0.128. The predicted molar refractivity (Wildman–Crippen MR) is 115 cm³/mol. The maximum absolute atomic E-state index is 12.6. The van der Waals surface area contributed by atoms with Crippen LogP contribution in [0.25, 0.3) is 0 Å². The molecule has 3 rings (SSSR count). The van der Waals surface area contributed by atoms with E-state index in [1.165, 1.54) is 16.0 Å². The normalized spacial score (nSPS) is 14.6. The summed E-state index contributed by atoms with van der Waals surface area (Å²) in [4.78, 5) is 22.4. The van der Waals surface area contributed by atoms with Crippen LogP contribution in [0.5, 0.6) is 0 Å². The first-order valence-corrected chi connectivity index (χ1v) is 11.0. The third kappa shape index (κ3) is 4.81. The molecule has 0 radical (unpaired) electrons. The number of anilines is 1. The van der Waals surface area contributed by atoms with Crippen LogP contribution in [0.15, 0.2) is 44.3 Å². The van der Waals surface area contributed by atoms with Gasteiger partial charge in [-0.2, -0.15) is 0 Å². The fraction of sp³-hybridized carbons (Fsp3) is 0.368. The first kappa shape index (κ1) is 19.7. The Balaban J connectivity index is 1.52. The Morgan fingerprint density at radius 2 is 1.85 bits per heavy atom. The number of pyridine rings is 1. The molecule has 4 nitrogen and oxygen atoms in total. The zero-order chi connectivity index (χ0) is 18.7. The lowest BCUT2D eigenvalue weighted by Crippen LogP contribution is -2.49. The molecule has 7 heteroatoms. The second-order valence-electron chi connectivity index (χ2n) is 6.36. The lowest BCUT2D eigenvalue weighted by Gasteiger charge is -2.35. The molecule has 1 aliphatic rings. The SMILES string of the molecule is Cc1cc(SCC(=O)N2CCN(c3ccc(Br)cn3)CC2)c(C)cc1Br. The standard InChI is InChI=1S/C19H21Br2N3OS/c1-13-10-17(14(2)9-16(13)21)26-12-19(25)24-7-5-23(6-8-24)18-4-3-15(20)11-22-18/h3-4,9-11H,5-8,12H2,1-2H3. The second-order valence-corrected chi connectivity index (χ2v) is 9.15. The number of hydrogen-bond donors (Lipinski definition) is 0. The number of carbonyl (C=O) groups is 1. The van der Waals surface area contributed by atoms with Crippen LogP contribution >= 0.6 is 43.6 Å². The molecule has 0 saturated carbocycles. The molecule has 0 unspecified atom stereocenters. The molecule has 0 spiro atoms. The summed E-state index contributed by atoms with van der Waals surface area (Å²) in [5.74, 6) is 1.66. The zero-order valence-electron chi connectivity index (χ0n) is 14.8. The van der Waals surface area contributed by atoms with E-state index in [4.69, 9.17) is 0 Å². The number of thioether (sulfide) groups is 1. The van der Waals surface area contributed by atoms with Crippen molar-refractivity contribution in [2.45, 2.75) is 18.7 Å². The van der Waals surface area contributed by atoms with Crippen molar-refractivity contribution in [3.05, 3.63) is 50.5 Å². The number of halogens is 2. The molecular weight excluding hydrogens is 478 g/mol. The molecule has 0 bridgehead atoms. The summed E-state index contributed by atoms with van der Waals surface area (Å²) in [5, 5.41) is 0. The smallest absolute Gasteiger partial charge is 0.233 e. The number of rotatable bonds is 4. The van der Waals surface area contributed by atoms with Gasteiger partial charge in [-0.1, -0.05) is 15.9 Å². The van der Waals surface area contributed by atoms with E-state index in [2.05, 4.69) is 67.7 Å². The van der Waals surface area contributed by atoms with Gasteiger partial charge in [0, 0.05) is 46.2 Å². The molecule has 0 N–H and O–H groups in total. The predicted octanol–water partition coefficient (Wildman–Crippen LogP) is 4.66. The molecule has 1 aromatic heterocycles. The highest BCUT2D eigenvalue weighted by molar-refractivity contribution is 9.10. The molecular formula is C19H21Br2N3OS. The Morgan fingerprint density at radius 1 is 1.12 bits per heavy atom. The highest BCUT2D eigenvalue weighted by Crippen LogP contribution is 2.28. The van der Waals surface area contributed by atoms with Crippen LogP contribution in [-0.4, -0.2) is 47.7 Å². The number of benzene rings is 1. The van der Waals surface area contributed by atoms with Crippen molar-refractivity contribution in [3.8, 4) is 0 Å². The fourth-order valence-corrected chi connectivity index (χ4v) is 4.58. The van der Waals surface area contributed by atoms with E-state index < -0.39 is 0 Å². The number of hydrogen-bond acceptors (Lipinski definition) is 4. The minimum absolute atomic E-state index is 0.207. The van der Waals surface area contributed by atoms with Gasteiger partial charge in [0.2, 0.25) is 5.91 Å². The molecule has 1 fully saturated rings. The van der Waals surface area contributed by atoms with E-state index in [-0.39, 0.29) is 5.91 Å². The van der Waals surface area contributed by atoms with Gasteiger partial charge < -0.3 is 9.80 Å². The van der Waals surface area contributed by atoms with Gasteiger partial charge in [-0.25, -0.2) is 4.98 Å². The van der Waals surface area contributed by atoms with E-state index in [1.54, 1.807) is 11.8 Å². The molecule has 2 aromatic rings. The summed E-state index contributed by atoms with van der Waals surface area (Å²) in [5.41, 5.74) is 2.40. The van der Waals surface area contributed by atoms with Crippen molar-refractivity contribution >= 4 is 55.3 Å². The van der Waals surface area contributed by atoms with Gasteiger partial charge in [-0.15, -0.1) is 11.8 Å². The summed E-state index contributed by atoms with van der Waals surface area (Å²) in [6.07, 6.45) is 1.81. The zero-order valence-corrected chi connectivity index (χ0v) is 18.8. The number of piperazine rings is 1. The van der Waals surface area contributed by atoms with Crippen molar-refractivity contribution in [1.82, 2.24) is 9.88 Å². The summed E-state index contributed by atoms with van der Waals surface area (Å²) in [6.45, 7) is 7.29. The third-order valence-corrected chi connectivity index (χ3v) is 6.94. The van der Waals surface area contributed by atoms with Gasteiger partial charge >= 0.3 is 0 Å². The molecule has 1 amide bonds. The summed E-state index contributed by atoms with van der Waals surface area (Å²) < 4.78 is 2.09. The monoisotopic (exact) mass is 497 g/mol. The highest BCUT2D eigenvalue weighted by atomic mass is 79.9. The Hall–Kier alpha value is -1.05. The summed E-state index contributed by atoms with van der Waals surface area (Å²) in [6, 6.07) is 8.27. The number of aryl methyl sites for hydroxylation is 2. The van der Waals surface area contributed by atoms with E-state index in [0.29, 0.717) is 5.75 Å². The first-order chi connectivity index (χ1) is 12.4. The molecule has 0 atom stereocenters. The minimum atomic E-state index is 0.207. The van der Waals surface area contributed by atoms with Gasteiger partial charge in [0.15, 0.2) is 0 Å². The van der Waals surface area contributed by atoms with Crippen LogP contribution < -0.4 is 4.90 Å². The average molecular weight is 499 g/mol. The van der Waals surface area contributed by atoms with Crippen molar-refractivity contribution in [1.29, 1.82) is 0 Å². The number of nitrogens with zero attached hydrogens (tertiary/aromatic N) is 3. The number of aromatic nitrogens is 1. The van der Waals surface area contributed by atoms with Gasteiger partial charge in [0.25, 0.3) is 0 Å². The van der Waals surface area contributed by atoms with Crippen LogP contribution in [0.3, 0.4) is 0 Å². The Morgan fingerprint density at radius 3 is 2.50 bits per heavy atom. The van der Waals surface area contributed by atoms with E-state index in [1.807, 2.05) is 23.2 Å². The molecule has 2 heterocycles. The van der Waals surface area contributed by atoms with Crippen LogP contribution in [0.1, 0.15) is 11.1 Å².